The molecule has 0 spiro atoms. The molecule has 5 aromatic rings. The number of halogens is 6. The van der Waals surface area contributed by atoms with Gasteiger partial charge in [0.25, 0.3) is 0 Å². The van der Waals surface area contributed by atoms with E-state index in [2.05, 4.69) is 20.2 Å². The molecule has 7 nitrogen and oxygen atoms in total. The highest BCUT2D eigenvalue weighted by Crippen LogP contribution is 2.43. The number of benzene rings is 1. The number of anilines is 3. The van der Waals surface area contributed by atoms with Gasteiger partial charge in [-0.1, -0.05) is 58.0 Å². The van der Waals surface area contributed by atoms with Crippen LogP contribution in [0.1, 0.15) is 62.0 Å². The highest BCUT2D eigenvalue weighted by atomic mass is 19.4. The number of para-hydroxylation sites is 1. The Labute approximate surface area is 243 Å². The summed E-state index contributed by atoms with van der Waals surface area (Å²) in [6.07, 6.45) is -6.90. The maximum atomic E-state index is 13.3. The topological polar surface area (TPSA) is 64.7 Å². The Morgan fingerprint density at radius 1 is 0.581 bits per heavy atom. The van der Waals surface area contributed by atoms with E-state index in [1.165, 1.54) is 24.5 Å². The molecule has 43 heavy (non-hydrogen) atoms. The molecule has 0 N–H and O–H groups in total. The van der Waals surface area contributed by atoms with Crippen LogP contribution in [0.4, 0.5) is 43.7 Å². The van der Waals surface area contributed by atoms with Crippen molar-refractivity contribution in [1.29, 1.82) is 0 Å². The van der Waals surface area contributed by atoms with Gasteiger partial charge in [0.1, 0.15) is 11.6 Å². The zero-order valence-corrected chi connectivity index (χ0v) is 23.6. The van der Waals surface area contributed by atoms with Crippen LogP contribution in [-0.2, 0) is 12.4 Å². The van der Waals surface area contributed by atoms with Crippen molar-refractivity contribution in [3.05, 3.63) is 102 Å². The summed E-state index contributed by atoms with van der Waals surface area (Å²) in [6, 6.07) is 17.3. The van der Waals surface area contributed by atoms with Crippen molar-refractivity contribution in [2.24, 2.45) is 0 Å². The van der Waals surface area contributed by atoms with Crippen LogP contribution in [0.5, 0.6) is 0 Å². The zero-order valence-electron chi connectivity index (χ0n) is 23.6. The first-order valence-corrected chi connectivity index (χ1v) is 13.4. The number of hydrogen-bond donors (Lipinski definition) is 0. The summed E-state index contributed by atoms with van der Waals surface area (Å²) in [7, 11) is 0. The molecule has 0 amide bonds. The normalized spacial score (nSPS) is 12.4. The third kappa shape index (κ3) is 6.11. The van der Waals surface area contributed by atoms with Crippen molar-refractivity contribution in [2.45, 2.75) is 51.9 Å². The van der Waals surface area contributed by atoms with Crippen LogP contribution in [0.15, 0.2) is 79.1 Å². The molecular formula is C30H27F6N7. The first kappa shape index (κ1) is 29.8. The van der Waals surface area contributed by atoms with Crippen LogP contribution in [0, 0.1) is 0 Å². The quantitative estimate of drug-likeness (QED) is 0.175. The third-order valence-electron chi connectivity index (χ3n) is 6.69. The van der Waals surface area contributed by atoms with Crippen LogP contribution < -0.4 is 4.90 Å². The highest BCUT2D eigenvalue weighted by molar-refractivity contribution is 5.78. The summed E-state index contributed by atoms with van der Waals surface area (Å²) in [6.45, 7) is 8.11. The summed E-state index contributed by atoms with van der Waals surface area (Å²) in [5.74, 6) is 0.982. The van der Waals surface area contributed by atoms with Gasteiger partial charge in [-0.2, -0.15) is 36.5 Å². The van der Waals surface area contributed by atoms with Crippen molar-refractivity contribution in [2.75, 3.05) is 4.90 Å². The van der Waals surface area contributed by atoms with Gasteiger partial charge in [-0.25, -0.2) is 19.3 Å². The second-order valence-electron chi connectivity index (χ2n) is 10.4. The molecule has 0 saturated carbocycles. The summed E-state index contributed by atoms with van der Waals surface area (Å²) < 4.78 is 81.7. The zero-order chi connectivity index (χ0) is 31.1. The van der Waals surface area contributed by atoms with E-state index in [0.717, 1.165) is 38.3 Å². The van der Waals surface area contributed by atoms with Gasteiger partial charge in [-0.05, 0) is 59.4 Å². The average molecular weight is 600 g/mol. The summed E-state index contributed by atoms with van der Waals surface area (Å²) in [5, 5.41) is 7.31. The lowest BCUT2D eigenvalue weighted by Gasteiger charge is -2.30. The predicted octanol–water partition coefficient (Wildman–Crippen LogP) is 8.60. The molecule has 0 aliphatic heterocycles. The Kier molecular flexibility index (Phi) is 7.76. The summed E-state index contributed by atoms with van der Waals surface area (Å²) in [5.41, 5.74) is 0.533. The lowest BCUT2D eigenvalue weighted by atomic mass is 9.91. The molecule has 0 bridgehead atoms. The van der Waals surface area contributed by atoms with E-state index in [-0.39, 0.29) is 23.5 Å². The number of rotatable bonds is 7. The largest absolute Gasteiger partial charge is 0.435 e. The lowest BCUT2D eigenvalue weighted by Crippen LogP contribution is -2.19. The molecule has 4 heterocycles. The maximum Gasteiger partial charge on any atom is 0.435 e. The van der Waals surface area contributed by atoms with Crippen LogP contribution in [0.3, 0.4) is 0 Å². The van der Waals surface area contributed by atoms with E-state index in [0.29, 0.717) is 11.6 Å². The van der Waals surface area contributed by atoms with Crippen molar-refractivity contribution in [3.63, 3.8) is 0 Å². The Bertz CT molecular complexity index is 1610. The lowest BCUT2D eigenvalue weighted by molar-refractivity contribution is -0.142. The Balaban J connectivity index is 1.72. The molecule has 0 unspecified atom stereocenters. The van der Waals surface area contributed by atoms with Crippen LogP contribution in [0.25, 0.3) is 11.6 Å². The number of nitrogens with zero attached hydrogens (tertiary/aromatic N) is 7. The Morgan fingerprint density at radius 3 is 1.33 bits per heavy atom. The molecular weight excluding hydrogens is 572 g/mol. The van der Waals surface area contributed by atoms with Gasteiger partial charge in [0.05, 0.1) is 5.69 Å². The van der Waals surface area contributed by atoms with Crippen molar-refractivity contribution in [3.8, 4) is 11.6 Å². The van der Waals surface area contributed by atoms with Crippen molar-refractivity contribution < 1.29 is 26.3 Å². The molecule has 0 aliphatic carbocycles. The Morgan fingerprint density at radius 2 is 0.977 bits per heavy atom. The number of alkyl halides is 6. The van der Waals surface area contributed by atoms with E-state index in [9.17, 15) is 26.3 Å². The van der Waals surface area contributed by atoms with Gasteiger partial charge in [0.15, 0.2) is 23.0 Å². The van der Waals surface area contributed by atoms with Gasteiger partial charge >= 0.3 is 12.4 Å². The molecule has 1 aromatic carbocycles. The minimum Gasteiger partial charge on any atom is -0.278 e. The van der Waals surface area contributed by atoms with E-state index in [1.807, 2.05) is 45.9 Å². The first-order chi connectivity index (χ1) is 20.2. The number of aromatic nitrogens is 6. The highest BCUT2D eigenvalue weighted by Gasteiger charge is 2.35. The molecule has 224 valence electrons. The monoisotopic (exact) mass is 599 g/mol. The fourth-order valence-corrected chi connectivity index (χ4v) is 4.65. The van der Waals surface area contributed by atoms with E-state index in [4.69, 9.17) is 0 Å². The van der Waals surface area contributed by atoms with Gasteiger partial charge in [-0.15, -0.1) is 0 Å². The third-order valence-corrected chi connectivity index (χ3v) is 6.69. The molecule has 0 fully saturated rings. The van der Waals surface area contributed by atoms with Gasteiger partial charge < -0.3 is 0 Å². The fourth-order valence-electron chi connectivity index (χ4n) is 4.65. The predicted molar refractivity (Wildman–Crippen MR) is 149 cm³/mol. The molecule has 4 aromatic heterocycles. The minimum atomic E-state index is -4.62. The second kappa shape index (κ2) is 11.2. The summed E-state index contributed by atoms with van der Waals surface area (Å²) >= 11 is 0. The molecule has 0 aliphatic rings. The van der Waals surface area contributed by atoms with Crippen molar-refractivity contribution in [1.82, 2.24) is 29.5 Å². The van der Waals surface area contributed by atoms with E-state index >= 15 is 0 Å². The Hall–Kier alpha value is -4.68. The van der Waals surface area contributed by atoms with Gasteiger partial charge in [0.2, 0.25) is 0 Å². The van der Waals surface area contributed by atoms with Gasteiger partial charge in [0, 0.05) is 12.4 Å². The van der Waals surface area contributed by atoms with E-state index < -0.39 is 23.7 Å². The second-order valence-corrected chi connectivity index (χ2v) is 10.4. The molecule has 13 heteroatoms. The van der Waals surface area contributed by atoms with Crippen LogP contribution in [-0.4, -0.2) is 29.5 Å². The van der Waals surface area contributed by atoms with Gasteiger partial charge in [-0.3, -0.25) is 4.90 Å². The van der Waals surface area contributed by atoms with E-state index in [1.54, 1.807) is 29.2 Å². The SMILES string of the molecule is CC(C)c1cccc(C(C)C)c1N(c1cccc(-n2ccc(C(F)(F)F)n2)n1)c1cccc(-n2ccc(C(F)(F)F)n2)n1. The molecule has 0 saturated heterocycles. The average Bonchev–Trinajstić information content (AvgIpc) is 3.64. The number of hydrogen-bond acceptors (Lipinski definition) is 5. The van der Waals surface area contributed by atoms with Crippen molar-refractivity contribution >= 4 is 17.3 Å². The fraction of sp³-hybridized carbons (Fsp3) is 0.267. The van der Waals surface area contributed by atoms with Crippen LogP contribution in [0.2, 0.25) is 0 Å². The number of pyridine rings is 2. The molecule has 0 radical (unpaired) electrons. The molecule has 5 rings (SSSR count). The summed E-state index contributed by atoms with van der Waals surface area (Å²) in [4.78, 5) is 11.1. The smallest absolute Gasteiger partial charge is 0.278 e. The first-order valence-electron chi connectivity index (χ1n) is 13.4. The van der Waals surface area contributed by atoms with Crippen LogP contribution >= 0.6 is 0 Å². The maximum absolute atomic E-state index is 13.3. The molecule has 0 atom stereocenters. The standard InChI is InChI=1S/C30H27F6N7/c1-18(2)20-8-5-9-21(19(3)4)28(20)43(26-12-6-10-24(37-26)41-16-14-22(39-41)29(31,32)33)27-13-7-11-25(38-27)42-17-15-23(40-42)30(34,35)36/h5-19H,1-4H3. The minimum absolute atomic E-state index is 0.0449.